The molecule has 54 heavy (non-hydrogen) atoms. The van der Waals surface area contributed by atoms with E-state index in [9.17, 15) is 24.0 Å². The van der Waals surface area contributed by atoms with Crippen LogP contribution in [0.25, 0.3) is 0 Å². The van der Waals surface area contributed by atoms with Crippen LogP contribution >= 0.6 is 0 Å². The summed E-state index contributed by atoms with van der Waals surface area (Å²) in [5, 5.41) is 11.7. The van der Waals surface area contributed by atoms with Crippen LogP contribution in [-0.2, 0) is 52.7 Å². The van der Waals surface area contributed by atoms with Crippen LogP contribution in [0.1, 0.15) is 77.5 Å². The Morgan fingerprint density at radius 1 is 0.704 bits per heavy atom. The Bertz CT molecular complexity index is 1540. The number of rotatable bonds is 21. The predicted octanol–water partition coefficient (Wildman–Crippen LogP) is 3.15. The first kappa shape index (κ1) is 42.6. The molecule has 2 saturated heterocycles. The second-order valence-corrected chi connectivity index (χ2v) is 15.7. The molecule has 296 valence electrons. The fraction of sp³-hybridized carbons (Fsp3) is 0.595. The van der Waals surface area contributed by atoms with Gasteiger partial charge >= 0.3 is 0 Å². The number of epoxide rings is 1. The third-order valence-electron chi connectivity index (χ3n) is 9.97. The summed E-state index contributed by atoms with van der Waals surface area (Å²) >= 11 is 0. The van der Waals surface area contributed by atoms with Crippen LogP contribution in [0, 0.1) is 11.8 Å². The van der Waals surface area contributed by atoms with E-state index in [-0.39, 0.29) is 36.5 Å². The molecule has 0 bridgehead atoms. The van der Waals surface area contributed by atoms with Crippen LogP contribution in [-0.4, -0.2) is 104 Å². The number of ketones is 1. The first-order valence-corrected chi connectivity index (χ1v) is 19.6. The molecule has 2 heterocycles. The molecule has 0 saturated carbocycles. The normalized spacial score (nSPS) is 19.3. The Morgan fingerprint density at radius 2 is 1.24 bits per heavy atom. The van der Waals surface area contributed by atoms with Gasteiger partial charge in [0.15, 0.2) is 5.78 Å². The second kappa shape index (κ2) is 20.5. The fourth-order valence-electron chi connectivity index (χ4n) is 6.62. The summed E-state index contributed by atoms with van der Waals surface area (Å²) in [6.07, 6.45) is 2.62. The Balaban J connectivity index is 1.53. The molecule has 2 aromatic carbocycles. The highest BCUT2D eigenvalue weighted by molar-refractivity contribution is 5.98. The molecule has 5 atom stereocenters. The number of nitrogens with one attached hydrogen (secondary N) is 4. The highest BCUT2D eigenvalue weighted by atomic mass is 16.6. The van der Waals surface area contributed by atoms with E-state index in [0.29, 0.717) is 58.6 Å². The number of ether oxygens (including phenoxy) is 2. The van der Waals surface area contributed by atoms with Crippen LogP contribution in [0.5, 0.6) is 0 Å². The average Bonchev–Trinajstić information content (AvgIpc) is 3.90. The molecule has 12 heteroatoms. The van der Waals surface area contributed by atoms with E-state index in [1.807, 2.05) is 87.2 Å². The predicted molar refractivity (Wildman–Crippen MR) is 208 cm³/mol. The van der Waals surface area contributed by atoms with E-state index in [1.165, 1.54) is 0 Å². The molecule has 2 aromatic rings. The Morgan fingerprint density at radius 3 is 1.83 bits per heavy atom. The number of amides is 4. The SMILES string of the molecule is CCc1ccc(C[C@H](NC(=O)[C@H](CC(C)C)NC(=O)[C@H](CCc2ccccc2)NC(=O)CN2CCOCC2)C(=O)N[C@@H](CC(C)C)C(=O)[C@@]2(C)CO2)cc1. The zero-order valence-electron chi connectivity index (χ0n) is 33.0. The lowest BCUT2D eigenvalue weighted by molar-refractivity contribution is -0.135. The van der Waals surface area contributed by atoms with Crippen molar-refractivity contribution in [2.45, 2.75) is 110 Å². The van der Waals surface area contributed by atoms with Gasteiger partial charge in [-0.25, -0.2) is 0 Å². The Kier molecular flexibility index (Phi) is 16.2. The number of nitrogens with zero attached hydrogens (tertiary/aromatic N) is 1. The lowest BCUT2D eigenvalue weighted by Crippen LogP contribution is -2.59. The van der Waals surface area contributed by atoms with Crippen LogP contribution in [0.2, 0.25) is 0 Å². The van der Waals surface area contributed by atoms with Crippen molar-refractivity contribution in [2.75, 3.05) is 39.5 Å². The minimum atomic E-state index is -1.03. The Hall–Kier alpha value is -4.13. The van der Waals surface area contributed by atoms with Crippen LogP contribution in [0.4, 0.5) is 0 Å². The highest BCUT2D eigenvalue weighted by Gasteiger charge is 2.50. The van der Waals surface area contributed by atoms with Gasteiger partial charge in [0.25, 0.3) is 0 Å². The third kappa shape index (κ3) is 13.6. The van der Waals surface area contributed by atoms with Crippen LogP contribution < -0.4 is 21.3 Å². The molecule has 4 amide bonds. The number of carbonyl (C=O) groups is 5. The van der Waals surface area contributed by atoms with Crippen molar-refractivity contribution >= 4 is 29.4 Å². The summed E-state index contributed by atoms with van der Waals surface area (Å²) in [6.45, 7) is 14.4. The summed E-state index contributed by atoms with van der Waals surface area (Å²) in [6, 6.07) is 13.9. The van der Waals surface area contributed by atoms with Gasteiger partial charge < -0.3 is 30.7 Å². The van der Waals surface area contributed by atoms with Crippen LogP contribution in [0.3, 0.4) is 0 Å². The molecule has 12 nitrogen and oxygen atoms in total. The van der Waals surface area contributed by atoms with Gasteiger partial charge in [0.2, 0.25) is 23.6 Å². The largest absolute Gasteiger partial charge is 0.379 e. The monoisotopic (exact) mass is 747 g/mol. The number of hydrogen-bond donors (Lipinski definition) is 4. The summed E-state index contributed by atoms with van der Waals surface area (Å²) in [4.78, 5) is 70.9. The van der Waals surface area contributed by atoms with Gasteiger partial charge in [0.1, 0.15) is 23.7 Å². The topological polar surface area (TPSA) is 158 Å². The lowest BCUT2D eigenvalue weighted by Gasteiger charge is -2.29. The number of morpholine rings is 1. The first-order chi connectivity index (χ1) is 25.8. The summed E-state index contributed by atoms with van der Waals surface area (Å²) < 4.78 is 10.8. The molecule has 2 aliphatic heterocycles. The first-order valence-electron chi connectivity index (χ1n) is 19.6. The number of benzene rings is 2. The molecule has 4 rings (SSSR count). The lowest BCUT2D eigenvalue weighted by atomic mass is 9.93. The molecule has 2 aliphatic rings. The van der Waals surface area contributed by atoms with E-state index < -0.39 is 47.5 Å². The van der Waals surface area contributed by atoms with E-state index >= 15 is 0 Å². The molecular weight excluding hydrogens is 686 g/mol. The third-order valence-corrected chi connectivity index (χ3v) is 9.97. The van der Waals surface area contributed by atoms with E-state index in [2.05, 4.69) is 28.2 Å². The minimum absolute atomic E-state index is 0.0147. The molecule has 0 radical (unpaired) electrons. The smallest absolute Gasteiger partial charge is 0.243 e. The summed E-state index contributed by atoms with van der Waals surface area (Å²) in [5.41, 5.74) is 2.07. The van der Waals surface area contributed by atoms with E-state index in [0.717, 1.165) is 23.1 Å². The maximum atomic E-state index is 14.2. The number of Topliss-reactive ketones (excluding diaryl/α,β-unsaturated/α-hetero) is 1. The molecule has 2 fully saturated rings. The fourth-order valence-corrected chi connectivity index (χ4v) is 6.62. The molecule has 0 spiro atoms. The number of aryl methyl sites for hydroxylation is 2. The summed E-state index contributed by atoms with van der Waals surface area (Å²) in [5.74, 6) is -1.82. The highest BCUT2D eigenvalue weighted by Crippen LogP contribution is 2.29. The average molecular weight is 748 g/mol. The van der Waals surface area contributed by atoms with Crippen molar-refractivity contribution < 1.29 is 33.4 Å². The van der Waals surface area contributed by atoms with Gasteiger partial charge in [-0.3, -0.25) is 28.9 Å². The maximum Gasteiger partial charge on any atom is 0.243 e. The van der Waals surface area contributed by atoms with E-state index in [4.69, 9.17) is 9.47 Å². The zero-order valence-corrected chi connectivity index (χ0v) is 33.0. The van der Waals surface area contributed by atoms with Crippen molar-refractivity contribution in [3.63, 3.8) is 0 Å². The van der Waals surface area contributed by atoms with Gasteiger partial charge in [0, 0.05) is 19.5 Å². The number of carbonyl (C=O) groups excluding carboxylic acids is 5. The Labute approximate surface area is 320 Å². The van der Waals surface area contributed by atoms with Crippen molar-refractivity contribution in [2.24, 2.45) is 11.8 Å². The van der Waals surface area contributed by atoms with Gasteiger partial charge in [-0.1, -0.05) is 89.2 Å². The van der Waals surface area contributed by atoms with Crippen LogP contribution in [0.15, 0.2) is 54.6 Å². The van der Waals surface area contributed by atoms with E-state index in [1.54, 1.807) is 6.92 Å². The van der Waals surface area contributed by atoms with Crippen molar-refractivity contribution in [3.8, 4) is 0 Å². The van der Waals surface area contributed by atoms with Gasteiger partial charge in [-0.05, 0) is 67.6 Å². The standard InChI is InChI=1S/C42H61N5O7/c1-7-30-13-15-32(16-14-30)25-36(41(52)44-34(23-28(2)3)38(49)42(6)27-54-42)46-40(51)35(24-29(4)5)45-39(50)33(18-17-31-11-9-8-10-12-31)43-37(48)26-47-19-21-53-22-20-47/h8-16,28-29,33-36H,7,17-27H2,1-6H3,(H,43,48)(H,44,52)(H,45,50)(H,46,51)/t33-,34-,35-,36-,42+/m0/s1. The van der Waals surface area contributed by atoms with Gasteiger partial charge in [-0.15, -0.1) is 0 Å². The molecule has 0 unspecified atom stereocenters. The summed E-state index contributed by atoms with van der Waals surface area (Å²) in [7, 11) is 0. The van der Waals surface area contributed by atoms with Crippen molar-refractivity contribution in [1.29, 1.82) is 0 Å². The van der Waals surface area contributed by atoms with Crippen molar-refractivity contribution in [3.05, 3.63) is 71.3 Å². The van der Waals surface area contributed by atoms with Gasteiger partial charge in [0.05, 0.1) is 32.4 Å². The maximum absolute atomic E-state index is 14.2. The van der Waals surface area contributed by atoms with Gasteiger partial charge in [-0.2, -0.15) is 0 Å². The zero-order chi connectivity index (χ0) is 39.3. The molecular formula is C42H61N5O7. The molecule has 0 aliphatic carbocycles. The second-order valence-electron chi connectivity index (χ2n) is 15.7. The molecule has 4 N–H and O–H groups in total. The molecule has 0 aromatic heterocycles. The quantitative estimate of drug-likeness (QED) is 0.142. The minimum Gasteiger partial charge on any atom is -0.379 e. The van der Waals surface area contributed by atoms with Crippen molar-refractivity contribution in [1.82, 2.24) is 26.2 Å². The number of hydrogen-bond acceptors (Lipinski definition) is 8.